The van der Waals surface area contributed by atoms with Crippen molar-refractivity contribution in [1.29, 1.82) is 0 Å². The predicted octanol–water partition coefficient (Wildman–Crippen LogP) is 3.53. The highest BCUT2D eigenvalue weighted by molar-refractivity contribution is 7.92. The molecule has 33 heavy (non-hydrogen) atoms. The third kappa shape index (κ3) is 4.67. The molecule has 0 aliphatic carbocycles. The molecule has 10 heteroatoms. The van der Waals surface area contributed by atoms with Crippen LogP contribution in [0.4, 0.5) is 5.69 Å². The summed E-state index contributed by atoms with van der Waals surface area (Å²) in [6, 6.07) is 21.5. The highest BCUT2D eigenvalue weighted by atomic mass is 32.2. The molecule has 0 fully saturated rings. The van der Waals surface area contributed by atoms with Crippen LogP contribution >= 0.6 is 0 Å². The number of aryl methyl sites for hydroxylation is 2. The number of anilines is 1. The molecule has 4 rings (SSSR count). The maximum Gasteiger partial charge on any atom is 0.284 e. The van der Waals surface area contributed by atoms with Crippen molar-refractivity contribution >= 4 is 25.7 Å². The van der Waals surface area contributed by atoms with Crippen molar-refractivity contribution in [2.75, 3.05) is 4.31 Å². The van der Waals surface area contributed by atoms with Gasteiger partial charge in [-0.05, 0) is 50.2 Å². The van der Waals surface area contributed by atoms with Crippen LogP contribution in [0.5, 0.6) is 0 Å². The lowest BCUT2D eigenvalue weighted by atomic mass is 10.2. The molecular formula is C23H22N4O4S2. The predicted molar refractivity (Wildman–Crippen MR) is 125 cm³/mol. The van der Waals surface area contributed by atoms with E-state index in [1.807, 2.05) is 13.8 Å². The second-order valence-corrected chi connectivity index (χ2v) is 11.2. The van der Waals surface area contributed by atoms with Crippen molar-refractivity contribution in [1.82, 2.24) is 14.4 Å². The first kappa shape index (κ1) is 22.7. The molecule has 1 heterocycles. The standard InChI is InChI=1S/C23H22N4O4S2/c1-18-8-12-22(13-9-18)32(28,29)26(21-6-4-3-5-7-21)16-20-17-27(25-24-20)33(30,31)23-14-10-19(2)11-15-23/h3-15,17H,16H2,1-2H3. The third-order valence-corrected chi connectivity index (χ3v) is 8.37. The summed E-state index contributed by atoms with van der Waals surface area (Å²) in [6.07, 6.45) is 1.23. The number of benzene rings is 3. The van der Waals surface area contributed by atoms with Gasteiger partial charge in [0.1, 0.15) is 5.69 Å². The van der Waals surface area contributed by atoms with E-state index < -0.39 is 20.0 Å². The SMILES string of the molecule is Cc1ccc(S(=O)(=O)N(Cc2cn(S(=O)(=O)c3ccc(C)cc3)nn2)c2ccccc2)cc1. The summed E-state index contributed by atoms with van der Waals surface area (Å²) in [5, 5.41) is 7.70. The first-order valence-electron chi connectivity index (χ1n) is 10.1. The zero-order valence-corrected chi connectivity index (χ0v) is 19.7. The zero-order chi connectivity index (χ0) is 23.6. The average Bonchev–Trinajstić information content (AvgIpc) is 3.28. The van der Waals surface area contributed by atoms with Gasteiger partial charge in [0.05, 0.1) is 28.2 Å². The molecule has 0 atom stereocenters. The van der Waals surface area contributed by atoms with E-state index in [1.54, 1.807) is 66.7 Å². The molecule has 0 N–H and O–H groups in total. The smallest absolute Gasteiger partial charge is 0.260 e. The van der Waals surface area contributed by atoms with Gasteiger partial charge >= 0.3 is 0 Å². The number of hydrogen-bond donors (Lipinski definition) is 0. The number of rotatable bonds is 7. The summed E-state index contributed by atoms with van der Waals surface area (Å²) in [4.78, 5) is 0.188. The van der Waals surface area contributed by atoms with Crippen LogP contribution in [0.15, 0.2) is 94.9 Å². The highest BCUT2D eigenvalue weighted by Crippen LogP contribution is 2.26. The van der Waals surface area contributed by atoms with Crippen LogP contribution in [0.1, 0.15) is 16.8 Å². The van der Waals surface area contributed by atoms with Gasteiger partial charge < -0.3 is 0 Å². The minimum atomic E-state index is -3.95. The summed E-state index contributed by atoms with van der Waals surface area (Å²) in [5.74, 6) is 0. The van der Waals surface area contributed by atoms with Crippen molar-refractivity contribution in [3.8, 4) is 0 Å². The molecule has 0 saturated heterocycles. The Hall–Kier alpha value is -3.50. The van der Waals surface area contributed by atoms with Gasteiger partial charge in [0.25, 0.3) is 20.0 Å². The van der Waals surface area contributed by atoms with Gasteiger partial charge in [-0.1, -0.05) is 58.8 Å². The largest absolute Gasteiger partial charge is 0.284 e. The Morgan fingerprint density at radius 2 is 1.30 bits per heavy atom. The summed E-state index contributed by atoms with van der Waals surface area (Å²) in [6.45, 7) is 3.54. The van der Waals surface area contributed by atoms with E-state index in [2.05, 4.69) is 10.3 Å². The minimum absolute atomic E-state index is 0.0664. The van der Waals surface area contributed by atoms with E-state index in [9.17, 15) is 16.8 Å². The monoisotopic (exact) mass is 482 g/mol. The van der Waals surface area contributed by atoms with Crippen molar-refractivity contribution in [3.05, 3.63) is 102 Å². The number of aromatic nitrogens is 3. The molecule has 0 radical (unpaired) electrons. The molecule has 170 valence electrons. The van der Waals surface area contributed by atoms with Crippen LogP contribution in [-0.2, 0) is 26.6 Å². The minimum Gasteiger partial charge on any atom is -0.260 e. The molecule has 0 amide bonds. The number of sulfonamides is 1. The fourth-order valence-corrected chi connectivity index (χ4v) is 5.71. The Bertz CT molecular complexity index is 1460. The molecule has 8 nitrogen and oxygen atoms in total. The van der Waals surface area contributed by atoms with Crippen molar-refractivity contribution in [3.63, 3.8) is 0 Å². The van der Waals surface area contributed by atoms with Crippen molar-refractivity contribution < 1.29 is 16.8 Å². The molecule has 0 aliphatic heterocycles. The Morgan fingerprint density at radius 1 is 0.758 bits per heavy atom. The molecule has 3 aromatic carbocycles. The van der Waals surface area contributed by atoms with E-state index >= 15 is 0 Å². The van der Waals surface area contributed by atoms with E-state index in [1.165, 1.54) is 22.6 Å². The molecule has 0 unspecified atom stereocenters. The fourth-order valence-electron chi connectivity index (χ4n) is 3.18. The lowest BCUT2D eigenvalue weighted by Crippen LogP contribution is -2.30. The van der Waals surface area contributed by atoms with Crippen molar-refractivity contribution in [2.24, 2.45) is 0 Å². The lowest BCUT2D eigenvalue weighted by molar-refractivity contribution is 0.577. The fraction of sp³-hybridized carbons (Fsp3) is 0.130. The molecule has 0 saturated carbocycles. The second-order valence-electron chi connectivity index (χ2n) is 7.56. The Morgan fingerprint density at radius 3 is 1.88 bits per heavy atom. The average molecular weight is 483 g/mol. The van der Waals surface area contributed by atoms with Gasteiger partial charge in [0.2, 0.25) is 0 Å². The van der Waals surface area contributed by atoms with E-state index in [0.717, 1.165) is 15.2 Å². The molecule has 0 bridgehead atoms. The van der Waals surface area contributed by atoms with Gasteiger partial charge in [-0.3, -0.25) is 4.31 Å². The van der Waals surface area contributed by atoms with Crippen LogP contribution in [0.3, 0.4) is 0 Å². The molecule has 0 aliphatic rings. The number of nitrogens with zero attached hydrogens (tertiary/aromatic N) is 4. The molecule has 1 aromatic heterocycles. The van der Waals surface area contributed by atoms with Gasteiger partial charge in [0.15, 0.2) is 0 Å². The van der Waals surface area contributed by atoms with Gasteiger partial charge in [-0.25, -0.2) is 8.42 Å². The second kappa shape index (κ2) is 8.80. The van der Waals surface area contributed by atoms with Crippen LogP contribution in [0.2, 0.25) is 0 Å². The normalized spacial score (nSPS) is 11.9. The maximum atomic E-state index is 13.5. The zero-order valence-electron chi connectivity index (χ0n) is 18.0. The van der Waals surface area contributed by atoms with Crippen LogP contribution in [0.25, 0.3) is 0 Å². The first-order valence-corrected chi connectivity index (χ1v) is 12.9. The summed E-state index contributed by atoms with van der Waals surface area (Å²) in [7, 11) is -7.90. The molecular weight excluding hydrogens is 460 g/mol. The number of para-hydroxylation sites is 1. The Balaban J connectivity index is 1.70. The first-order chi connectivity index (χ1) is 15.7. The maximum absolute atomic E-state index is 13.5. The van der Waals surface area contributed by atoms with E-state index in [-0.39, 0.29) is 22.0 Å². The molecule has 0 spiro atoms. The van der Waals surface area contributed by atoms with Gasteiger partial charge in [-0.15, -0.1) is 9.19 Å². The Kier molecular flexibility index (Phi) is 6.05. The lowest BCUT2D eigenvalue weighted by Gasteiger charge is -2.23. The van der Waals surface area contributed by atoms with Crippen molar-refractivity contribution in [2.45, 2.75) is 30.2 Å². The van der Waals surface area contributed by atoms with Crippen LogP contribution in [-0.4, -0.2) is 31.2 Å². The van der Waals surface area contributed by atoms with Crippen LogP contribution in [0, 0.1) is 13.8 Å². The summed E-state index contributed by atoms with van der Waals surface area (Å²) in [5.41, 5.74) is 2.47. The van der Waals surface area contributed by atoms with E-state index in [4.69, 9.17) is 0 Å². The van der Waals surface area contributed by atoms with Crippen LogP contribution < -0.4 is 4.31 Å². The molecule has 4 aromatic rings. The Labute approximate surface area is 193 Å². The van der Waals surface area contributed by atoms with E-state index in [0.29, 0.717) is 5.69 Å². The number of hydrogen-bond acceptors (Lipinski definition) is 6. The quantitative estimate of drug-likeness (QED) is 0.399. The van der Waals surface area contributed by atoms with Gasteiger partial charge in [-0.2, -0.15) is 8.42 Å². The third-order valence-electron chi connectivity index (χ3n) is 5.04. The highest BCUT2D eigenvalue weighted by Gasteiger charge is 2.27. The summed E-state index contributed by atoms with van der Waals surface area (Å²) < 4.78 is 54.6. The van der Waals surface area contributed by atoms with Gasteiger partial charge in [0, 0.05) is 0 Å². The summed E-state index contributed by atoms with van der Waals surface area (Å²) >= 11 is 0. The topological polar surface area (TPSA) is 102 Å².